The van der Waals surface area contributed by atoms with Crippen LogP contribution in [0.1, 0.15) is 24.2 Å². The number of carboxylic acids is 1. The minimum atomic E-state index is -1.11. The molecule has 0 fully saturated rings. The number of nitrogens with one attached hydrogen (secondary N) is 2. The van der Waals surface area contributed by atoms with E-state index in [-0.39, 0.29) is 11.3 Å². The maximum atomic E-state index is 11.6. The molecule has 1 aromatic carbocycles. The van der Waals surface area contributed by atoms with Gasteiger partial charge in [-0.05, 0) is 18.1 Å². The Morgan fingerprint density at radius 2 is 2.05 bits per heavy atom. The van der Waals surface area contributed by atoms with Crippen LogP contribution in [0.3, 0.4) is 0 Å². The van der Waals surface area contributed by atoms with Crippen LogP contribution in [0.5, 0.6) is 5.75 Å². The molecule has 0 heterocycles. The van der Waals surface area contributed by atoms with Gasteiger partial charge >= 0.3 is 12.0 Å². The van der Waals surface area contributed by atoms with Crippen molar-refractivity contribution in [3.63, 3.8) is 0 Å². The lowest BCUT2D eigenvalue weighted by Gasteiger charge is -2.12. The monoisotopic (exact) mass is 266 g/mol. The highest BCUT2D eigenvalue weighted by molar-refractivity contribution is 6.00. The number of hydrogen-bond donors (Lipinski definition) is 3. The van der Waals surface area contributed by atoms with E-state index in [1.807, 2.05) is 13.8 Å². The number of carboxylic acid groups (broad SMARTS) is 1. The Morgan fingerprint density at radius 1 is 1.37 bits per heavy atom. The van der Waals surface area contributed by atoms with Crippen LogP contribution in [0.4, 0.5) is 10.5 Å². The molecule has 6 nitrogen and oxygen atoms in total. The highest BCUT2D eigenvalue weighted by atomic mass is 16.5. The first-order valence-electron chi connectivity index (χ1n) is 5.90. The fraction of sp³-hybridized carbons (Fsp3) is 0.385. The van der Waals surface area contributed by atoms with Gasteiger partial charge in [-0.3, -0.25) is 0 Å². The van der Waals surface area contributed by atoms with Gasteiger partial charge in [0.25, 0.3) is 0 Å². The van der Waals surface area contributed by atoms with Crippen molar-refractivity contribution >= 4 is 17.7 Å². The van der Waals surface area contributed by atoms with E-state index in [0.29, 0.717) is 18.2 Å². The summed E-state index contributed by atoms with van der Waals surface area (Å²) in [5.74, 6) is -0.319. The molecule has 0 aliphatic heterocycles. The van der Waals surface area contributed by atoms with E-state index >= 15 is 0 Å². The maximum absolute atomic E-state index is 11.6. The molecule has 0 bridgehead atoms. The number of hydrogen-bond acceptors (Lipinski definition) is 3. The van der Waals surface area contributed by atoms with Crippen molar-refractivity contribution in [1.82, 2.24) is 5.32 Å². The van der Waals surface area contributed by atoms with Gasteiger partial charge in [0.2, 0.25) is 0 Å². The van der Waals surface area contributed by atoms with Crippen LogP contribution in [-0.2, 0) is 0 Å². The second kappa shape index (κ2) is 6.63. The summed E-state index contributed by atoms with van der Waals surface area (Å²) in [4.78, 5) is 22.7. The Labute approximate surface area is 111 Å². The van der Waals surface area contributed by atoms with E-state index in [0.717, 1.165) is 0 Å². The summed E-state index contributed by atoms with van der Waals surface area (Å²) in [5, 5.41) is 14.2. The lowest BCUT2D eigenvalue weighted by molar-refractivity contribution is 0.0698. The van der Waals surface area contributed by atoms with Gasteiger partial charge in [-0.1, -0.05) is 13.8 Å². The largest absolute Gasteiger partial charge is 0.497 e. The molecule has 0 unspecified atom stereocenters. The van der Waals surface area contributed by atoms with Crippen LogP contribution in [0.15, 0.2) is 18.2 Å². The van der Waals surface area contributed by atoms with Crippen LogP contribution in [-0.4, -0.2) is 30.8 Å². The van der Waals surface area contributed by atoms with Crippen molar-refractivity contribution in [2.45, 2.75) is 13.8 Å². The third kappa shape index (κ3) is 4.50. The summed E-state index contributed by atoms with van der Waals surface area (Å²) in [6.07, 6.45) is 0. The molecule has 1 aromatic rings. The Bertz CT molecular complexity index is 472. The quantitative estimate of drug-likeness (QED) is 0.762. The number of anilines is 1. The van der Waals surface area contributed by atoms with Crippen LogP contribution in [0, 0.1) is 5.92 Å². The van der Waals surface area contributed by atoms with Gasteiger partial charge in [-0.2, -0.15) is 0 Å². The number of urea groups is 1. The normalized spacial score (nSPS) is 10.1. The number of benzene rings is 1. The average molecular weight is 266 g/mol. The van der Waals surface area contributed by atoms with Gasteiger partial charge in [0.15, 0.2) is 0 Å². The van der Waals surface area contributed by atoms with Crippen molar-refractivity contribution in [3.8, 4) is 5.75 Å². The molecular weight excluding hydrogens is 248 g/mol. The summed E-state index contributed by atoms with van der Waals surface area (Å²) < 4.78 is 5.00. The zero-order chi connectivity index (χ0) is 14.4. The van der Waals surface area contributed by atoms with Gasteiger partial charge in [0.1, 0.15) is 5.75 Å². The topological polar surface area (TPSA) is 87.7 Å². The molecule has 104 valence electrons. The third-order valence-electron chi connectivity index (χ3n) is 2.38. The number of carbonyl (C=O) groups excluding carboxylic acids is 1. The smallest absolute Gasteiger partial charge is 0.337 e. The van der Waals surface area contributed by atoms with Gasteiger partial charge in [0.05, 0.1) is 18.4 Å². The first-order valence-corrected chi connectivity index (χ1v) is 5.90. The number of aromatic carboxylic acids is 1. The summed E-state index contributed by atoms with van der Waals surface area (Å²) in [5.41, 5.74) is 0.216. The zero-order valence-corrected chi connectivity index (χ0v) is 11.2. The SMILES string of the molecule is COc1ccc(C(=O)O)c(NC(=O)NCC(C)C)c1. The first kappa shape index (κ1) is 14.8. The minimum Gasteiger partial charge on any atom is -0.497 e. The molecule has 0 atom stereocenters. The van der Waals surface area contributed by atoms with Crippen LogP contribution >= 0.6 is 0 Å². The first-order chi connectivity index (χ1) is 8.93. The summed E-state index contributed by atoms with van der Waals surface area (Å²) in [6.45, 7) is 4.45. The summed E-state index contributed by atoms with van der Waals surface area (Å²) in [6, 6.07) is 3.95. The van der Waals surface area contributed by atoms with Crippen LogP contribution < -0.4 is 15.4 Å². The van der Waals surface area contributed by atoms with Crippen LogP contribution in [0.2, 0.25) is 0 Å². The number of carbonyl (C=O) groups is 2. The van der Waals surface area contributed by atoms with Crippen LogP contribution in [0.25, 0.3) is 0 Å². The predicted molar refractivity (Wildman–Crippen MR) is 71.8 cm³/mol. The van der Waals surface area contributed by atoms with Crippen molar-refractivity contribution < 1.29 is 19.4 Å². The second-order valence-electron chi connectivity index (χ2n) is 4.45. The molecule has 2 amide bonds. The Hall–Kier alpha value is -2.24. The van der Waals surface area contributed by atoms with Crippen molar-refractivity contribution in [2.24, 2.45) is 5.92 Å². The lowest BCUT2D eigenvalue weighted by Crippen LogP contribution is -2.32. The highest BCUT2D eigenvalue weighted by Crippen LogP contribution is 2.22. The fourth-order valence-corrected chi connectivity index (χ4v) is 1.40. The Morgan fingerprint density at radius 3 is 2.58 bits per heavy atom. The highest BCUT2D eigenvalue weighted by Gasteiger charge is 2.13. The predicted octanol–water partition coefficient (Wildman–Crippen LogP) is 2.17. The maximum Gasteiger partial charge on any atom is 0.337 e. The summed E-state index contributed by atoms with van der Waals surface area (Å²) in [7, 11) is 1.47. The molecule has 0 aliphatic rings. The Balaban J connectivity index is 2.85. The molecule has 0 spiro atoms. The van der Waals surface area contributed by atoms with Crippen molar-refractivity contribution in [2.75, 3.05) is 19.0 Å². The molecule has 6 heteroatoms. The van der Waals surface area contributed by atoms with Crippen molar-refractivity contribution in [3.05, 3.63) is 23.8 Å². The van der Waals surface area contributed by atoms with Gasteiger partial charge in [-0.25, -0.2) is 9.59 Å². The van der Waals surface area contributed by atoms with E-state index in [9.17, 15) is 9.59 Å². The molecule has 0 saturated carbocycles. The fourth-order valence-electron chi connectivity index (χ4n) is 1.40. The number of amides is 2. The molecule has 0 radical (unpaired) electrons. The third-order valence-corrected chi connectivity index (χ3v) is 2.38. The standard InChI is InChI=1S/C13H18N2O4/c1-8(2)7-14-13(18)15-11-6-9(19-3)4-5-10(11)12(16)17/h4-6,8H,7H2,1-3H3,(H,16,17)(H2,14,15,18). The molecule has 19 heavy (non-hydrogen) atoms. The molecule has 0 aliphatic carbocycles. The molecular formula is C13H18N2O4. The molecule has 1 rings (SSSR count). The van der Waals surface area contributed by atoms with E-state index in [4.69, 9.17) is 9.84 Å². The minimum absolute atomic E-state index is 0.0143. The second-order valence-corrected chi connectivity index (χ2v) is 4.45. The lowest BCUT2D eigenvalue weighted by atomic mass is 10.1. The molecule has 0 saturated heterocycles. The van der Waals surface area contributed by atoms with Crippen molar-refractivity contribution in [1.29, 1.82) is 0 Å². The number of methoxy groups -OCH3 is 1. The molecule has 3 N–H and O–H groups in total. The number of rotatable bonds is 5. The van der Waals surface area contributed by atoms with E-state index in [2.05, 4.69) is 10.6 Å². The Kier molecular flexibility index (Phi) is 5.17. The average Bonchev–Trinajstić information content (AvgIpc) is 2.35. The van der Waals surface area contributed by atoms with E-state index in [1.165, 1.54) is 25.3 Å². The van der Waals surface area contributed by atoms with E-state index in [1.54, 1.807) is 0 Å². The van der Waals surface area contributed by atoms with Gasteiger partial charge in [-0.15, -0.1) is 0 Å². The van der Waals surface area contributed by atoms with E-state index < -0.39 is 12.0 Å². The summed E-state index contributed by atoms with van der Waals surface area (Å²) >= 11 is 0. The molecule has 0 aromatic heterocycles. The van der Waals surface area contributed by atoms with Gasteiger partial charge < -0.3 is 20.5 Å². The zero-order valence-electron chi connectivity index (χ0n) is 11.2. The van der Waals surface area contributed by atoms with Gasteiger partial charge in [0, 0.05) is 12.6 Å². The number of ether oxygens (including phenoxy) is 1.